The van der Waals surface area contributed by atoms with Crippen LogP contribution in [0.2, 0.25) is 0 Å². The molecule has 19 heteroatoms. The van der Waals surface area contributed by atoms with E-state index in [1.165, 1.54) is 37.3 Å². The Hall–Kier alpha value is -2.93. The van der Waals surface area contributed by atoms with E-state index in [4.69, 9.17) is 28.3 Å². The van der Waals surface area contributed by atoms with Crippen LogP contribution >= 0.6 is 18.9 Å². The predicted molar refractivity (Wildman–Crippen MR) is 213 cm³/mol. The molecule has 0 spiro atoms. The van der Waals surface area contributed by atoms with Crippen LogP contribution in [0.1, 0.15) is 59.4 Å². The van der Waals surface area contributed by atoms with Gasteiger partial charge in [-0.15, -0.1) is 0 Å². The van der Waals surface area contributed by atoms with Crippen LogP contribution in [0.25, 0.3) is 10.2 Å². The molecule has 15 nitrogen and oxygen atoms in total. The SMILES string of the molecule is CCOP(=O)(COc1ccc(C[C@H](NC(=O)OC2C3COOCC2C(C)C3)[C@H](O)CN(CC(C)(C)F)S(=O)(=O)c2ccc3nc(NC4CC4)sc3c2)cc1)OCC. The molecule has 1 aliphatic heterocycles. The molecular formula is C38H54FN4O11PS2. The number of hydrogen-bond donors (Lipinski definition) is 3. The molecule has 3 aliphatic rings. The highest BCUT2D eigenvalue weighted by atomic mass is 32.2. The Morgan fingerprint density at radius 3 is 2.49 bits per heavy atom. The van der Waals surface area contributed by atoms with Crippen LogP contribution in [0.3, 0.4) is 0 Å². The number of anilines is 1. The number of fused-ring (bicyclic) bond motifs is 3. The maximum atomic E-state index is 15.4. The number of carbonyl (C=O) groups excluding carboxylic acids is 1. The van der Waals surface area contributed by atoms with Crippen LogP contribution in [0, 0.1) is 17.8 Å². The Kier molecular flexibility index (Phi) is 14.2. The van der Waals surface area contributed by atoms with Crippen molar-refractivity contribution in [1.29, 1.82) is 0 Å². The van der Waals surface area contributed by atoms with Gasteiger partial charge in [-0.2, -0.15) is 4.31 Å². The molecule has 57 heavy (non-hydrogen) atoms. The molecule has 2 heterocycles. The second kappa shape index (κ2) is 18.6. The Morgan fingerprint density at radius 2 is 1.82 bits per heavy atom. The molecule has 4 unspecified atom stereocenters. The molecular weight excluding hydrogens is 803 g/mol. The fourth-order valence-corrected chi connectivity index (χ4v) is 11.2. The number of aliphatic hydroxyl groups is 1. The van der Waals surface area contributed by atoms with Gasteiger partial charge in [0.05, 0.1) is 53.7 Å². The number of amides is 1. The van der Waals surface area contributed by atoms with Crippen LogP contribution in [-0.2, 0) is 44.6 Å². The van der Waals surface area contributed by atoms with E-state index >= 15 is 4.39 Å². The number of ether oxygens (including phenoxy) is 2. The van der Waals surface area contributed by atoms with Gasteiger partial charge in [0.2, 0.25) is 10.0 Å². The van der Waals surface area contributed by atoms with Gasteiger partial charge in [0.15, 0.2) is 11.5 Å². The zero-order valence-electron chi connectivity index (χ0n) is 32.9. The third-order valence-electron chi connectivity index (χ3n) is 10.2. The van der Waals surface area contributed by atoms with E-state index in [0.29, 0.717) is 32.7 Å². The number of hydrogen-bond acceptors (Lipinski definition) is 14. The standard InChI is InChI=1S/C38H54FN4O11PS2/c1-6-52-55(46,53-7-2)23-49-28-12-8-25(9-13-28)17-32(42-37(45)54-35-26-16-24(3)30(35)21-51-50-20-26)33(44)19-43(22-38(4,5)39)57(47,48)29-14-15-31-34(18-29)56-36(41-31)40-27-10-11-27/h8-9,12-15,18,24,26-27,30,32-33,35,44H,6-7,10-11,16-17,19-23H2,1-5H3,(H,40,41)(H,42,45)/t24?,26?,30?,32-,33+,35?/m0/s1. The largest absolute Gasteiger partial charge is 0.481 e. The lowest BCUT2D eigenvalue weighted by molar-refractivity contribution is -0.302. The number of benzene rings is 2. The molecule has 2 bridgehead atoms. The van der Waals surface area contributed by atoms with Crippen molar-refractivity contribution < 1.29 is 55.6 Å². The fraction of sp³-hybridized carbons (Fsp3) is 0.632. The number of alkyl carbamates (subject to hydrolysis) is 1. The van der Waals surface area contributed by atoms with Crippen molar-refractivity contribution in [2.45, 2.75) is 95.2 Å². The van der Waals surface area contributed by atoms with Gasteiger partial charge in [0, 0.05) is 31.0 Å². The quantitative estimate of drug-likeness (QED) is 0.0826. The third-order valence-corrected chi connectivity index (χ3v) is 14.7. The van der Waals surface area contributed by atoms with Gasteiger partial charge in [-0.05, 0) is 95.2 Å². The first kappa shape index (κ1) is 43.6. The van der Waals surface area contributed by atoms with E-state index in [-0.39, 0.29) is 61.8 Å². The molecule has 0 radical (unpaired) electrons. The number of nitrogens with zero attached hydrogens (tertiary/aromatic N) is 2. The van der Waals surface area contributed by atoms with Crippen molar-refractivity contribution in [3.8, 4) is 5.75 Å². The zero-order chi connectivity index (χ0) is 41.0. The fourth-order valence-electron chi connectivity index (χ4n) is 7.24. The molecule has 2 aliphatic carbocycles. The summed E-state index contributed by atoms with van der Waals surface area (Å²) >= 11 is 1.34. The lowest BCUT2D eigenvalue weighted by Gasteiger charge is -2.32. The van der Waals surface area contributed by atoms with Gasteiger partial charge >= 0.3 is 13.7 Å². The van der Waals surface area contributed by atoms with Crippen molar-refractivity contribution in [2.24, 2.45) is 17.8 Å². The summed E-state index contributed by atoms with van der Waals surface area (Å²) in [4.78, 5) is 28.7. The predicted octanol–water partition coefficient (Wildman–Crippen LogP) is 6.51. The summed E-state index contributed by atoms with van der Waals surface area (Å²) in [6.45, 7) is 7.78. The van der Waals surface area contributed by atoms with Gasteiger partial charge in [0.25, 0.3) is 0 Å². The molecule has 6 rings (SSSR count). The number of aromatic nitrogens is 1. The Morgan fingerprint density at radius 1 is 1.12 bits per heavy atom. The molecule has 2 aromatic carbocycles. The highest BCUT2D eigenvalue weighted by Gasteiger charge is 2.46. The second-order valence-corrected chi connectivity index (χ2v) is 20.5. The van der Waals surface area contributed by atoms with Crippen LogP contribution in [0.5, 0.6) is 5.75 Å². The summed E-state index contributed by atoms with van der Waals surface area (Å²) in [6, 6.07) is 10.5. The van der Waals surface area contributed by atoms with Gasteiger partial charge < -0.3 is 34.3 Å². The molecule has 6 atom stereocenters. The summed E-state index contributed by atoms with van der Waals surface area (Å²) in [5.74, 6) is 0.423. The summed E-state index contributed by atoms with van der Waals surface area (Å²) in [5.41, 5.74) is -0.708. The van der Waals surface area contributed by atoms with Gasteiger partial charge in [-0.1, -0.05) is 30.4 Å². The maximum absolute atomic E-state index is 15.4. The monoisotopic (exact) mass is 856 g/mol. The zero-order valence-corrected chi connectivity index (χ0v) is 35.5. The van der Waals surface area contributed by atoms with Gasteiger partial charge in [-0.25, -0.2) is 32.4 Å². The van der Waals surface area contributed by atoms with Crippen molar-refractivity contribution in [1.82, 2.24) is 14.6 Å². The average Bonchev–Trinajstić information content (AvgIpc) is 3.83. The van der Waals surface area contributed by atoms with Gasteiger partial charge in [0.1, 0.15) is 17.5 Å². The number of thiazole rings is 1. The number of rotatable bonds is 20. The molecule has 3 fully saturated rings. The molecule has 2 saturated carbocycles. The van der Waals surface area contributed by atoms with Crippen molar-refractivity contribution in [2.75, 3.05) is 51.2 Å². The minimum Gasteiger partial charge on any atom is -0.481 e. The number of nitrogens with one attached hydrogen (secondary N) is 2. The van der Waals surface area contributed by atoms with Crippen LogP contribution in [-0.4, -0.2) is 105 Å². The smallest absolute Gasteiger partial charge is 0.407 e. The van der Waals surface area contributed by atoms with Crippen molar-refractivity contribution in [3.05, 3.63) is 48.0 Å². The van der Waals surface area contributed by atoms with E-state index < -0.39 is 60.7 Å². The molecule has 1 saturated heterocycles. The lowest BCUT2D eigenvalue weighted by atomic mass is 9.97. The van der Waals surface area contributed by atoms with Crippen LogP contribution < -0.4 is 15.4 Å². The topological polar surface area (TPSA) is 184 Å². The van der Waals surface area contributed by atoms with Crippen LogP contribution in [0.15, 0.2) is 47.4 Å². The number of sulfonamides is 1. The van der Waals surface area contributed by atoms with E-state index in [1.54, 1.807) is 44.2 Å². The minimum atomic E-state index is -4.37. The lowest BCUT2D eigenvalue weighted by Crippen LogP contribution is -2.53. The first-order valence-electron chi connectivity index (χ1n) is 19.4. The van der Waals surface area contributed by atoms with Gasteiger partial charge in [-0.3, -0.25) is 4.57 Å². The normalized spacial score (nSPS) is 22.6. The van der Waals surface area contributed by atoms with Crippen molar-refractivity contribution >= 4 is 50.4 Å². The Labute approximate surface area is 337 Å². The number of carbonyl (C=O) groups is 1. The minimum absolute atomic E-state index is 0.0313. The number of halogens is 1. The summed E-state index contributed by atoms with van der Waals surface area (Å²) in [7, 11) is -7.84. The third kappa shape index (κ3) is 11.6. The summed E-state index contributed by atoms with van der Waals surface area (Å²) < 4.78 is 80.7. The highest BCUT2D eigenvalue weighted by molar-refractivity contribution is 7.89. The number of aliphatic hydroxyl groups excluding tert-OH is 1. The first-order valence-corrected chi connectivity index (χ1v) is 23.4. The molecule has 1 aromatic heterocycles. The summed E-state index contributed by atoms with van der Waals surface area (Å²) in [5, 5.41) is 18.7. The molecule has 3 aromatic rings. The Bertz CT molecular complexity index is 1970. The molecule has 3 N–H and O–H groups in total. The average molecular weight is 857 g/mol. The number of alkyl halides is 1. The van der Waals surface area contributed by atoms with E-state index in [9.17, 15) is 22.9 Å². The summed E-state index contributed by atoms with van der Waals surface area (Å²) in [6.07, 6.45) is -0.194. The first-order chi connectivity index (χ1) is 27.1. The Balaban J connectivity index is 1.22. The van der Waals surface area contributed by atoms with E-state index in [2.05, 4.69) is 22.5 Å². The molecule has 316 valence electrons. The van der Waals surface area contributed by atoms with E-state index in [0.717, 1.165) is 23.6 Å². The molecule has 1 amide bonds. The van der Waals surface area contributed by atoms with Crippen LogP contribution in [0.4, 0.5) is 14.3 Å². The highest BCUT2D eigenvalue weighted by Crippen LogP contribution is 2.48. The van der Waals surface area contributed by atoms with Crippen molar-refractivity contribution in [3.63, 3.8) is 0 Å². The maximum Gasteiger partial charge on any atom is 0.407 e. The van der Waals surface area contributed by atoms with E-state index in [1.807, 2.05) is 0 Å². The second-order valence-electron chi connectivity index (χ2n) is 15.5.